The molecule has 1 aliphatic carbocycles. The van der Waals surface area contributed by atoms with Crippen molar-refractivity contribution in [3.05, 3.63) is 0 Å². The molecule has 3 nitrogen and oxygen atoms in total. The van der Waals surface area contributed by atoms with E-state index in [1.54, 1.807) is 0 Å². The van der Waals surface area contributed by atoms with E-state index in [4.69, 9.17) is 0 Å². The van der Waals surface area contributed by atoms with E-state index < -0.39 is 0 Å². The van der Waals surface area contributed by atoms with E-state index in [1.165, 1.54) is 77.8 Å². The normalized spacial score (nSPS) is 31.8. The lowest BCUT2D eigenvalue weighted by Gasteiger charge is -2.36. The molecule has 0 aromatic heterocycles. The first kappa shape index (κ1) is 14.8. The smallest absolute Gasteiger partial charge is 0.0223 e. The lowest BCUT2D eigenvalue weighted by molar-refractivity contribution is 0.143. The fourth-order valence-electron chi connectivity index (χ4n) is 3.94. The van der Waals surface area contributed by atoms with Crippen molar-refractivity contribution in [2.24, 2.45) is 5.41 Å². The molecule has 2 heterocycles. The van der Waals surface area contributed by atoms with E-state index in [2.05, 4.69) is 29.0 Å². The third kappa shape index (κ3) is 3.75. The summed E-state index contributed by atoms with van der Waals surface area (Å²) in [7, 11) is 0. The maximum atomic E-state index is 3.76. The van der Waals surface area contributed by atoms with Gasteiger partial charge in [-0.2, -0.15) is 0 Å². The zero-order valence-corrected chi connectivity index (χ0v) is 13.5. The van der Waals surface area contributed by atoms with Crippen LogP contribution in [0.1, 0.15) is 52.4 Å². The molecule has 0 radical (unpaired) electrons. The Morgan fingerprint density at radius 3 is 2.65 bits per heavy atom. The van der Waals surface area contributed by atoms with Crippen molar-refractivity contribution >= 4 is 0 Å². The SMILES string of the molecule is CCC(C)(CNC1CC1)CN1CCCN2CCCC2C1. The van der Waals surface area contributed by atoms with Crippen LogP contribution in [0.3, 0.4) is 0 Å². The molecule has 3 fully saturated rings. The van der Waals surface area contributed by atoms with Crippen LogP contribution in [-0.2, 0) is 0 Å². The summed E-state index contributed by atoms with van der Waals surface area (Å²) in [5.74, 6) is 0. The summed E-state index contributed by atoms with van der Waals surface area (Å²) in [5, 5.41) is 3.76. The Labute approximate surface area is 125 Å². The Balaban J connectivity index is 1.53. The minimum Gasteiger partial charge on any atom is -0.313 e. The third-order valence-corrected chi connectivity index (χ3v) is 5.74. The first-order valence-corrected chi connectivity index (χ1v) is 8.88. The fraction of sp³-hybridized carbons (Fsp3) is 1.00. The first-order valence-electron chi connectivity index (χ1n) is 8.88. The predicted octanol–water partition coefficient (Wildman–Crippen LogP) is 2.32. The van der Waals surface area contributed by atoms with Gasteiger partial charge in [-0.15, -0.1) is 0 Å². The molecule has 1 saturated carbocycles. The van der Waals surface area contributed by atoms with Crippen molar-refractivity contribution < 1.29 is 0 Å². The zero-order chi connectivity index (χ0) is 14.0. The molecule has 3 rings (SSSR count). The monoisotopic (exact) mass is 279 g/mol. The van der Waals surface area contributed by atoms with E-state index in [0.29, 0.717) is 5.41 Å². The summed E-state index contributed by atoms with van der Waals surface area (Å²) >= 11 is 0. The van der Waals surface area contributed by atoms with Crippen molar-refractivity contribution in [3.63, 3.8) is 0 Å². The highest BCUT2D eigenvalue weighted by atomic mass is 15.3. The highest BCUT2D eigenvalue weighted by Gasteiger charge is 2.33. The Kier molecular flexibility index (Phi) is 4.68. The van der Waals surface area contributed by atoms with Gasteiger partial charge < -0.3 is 10.2 Å². The van der Waals surface area contributed by atoms with Crippen molar-refractivity contribution in [1.29, 1.82) is 0 Å². The quantitative estimate of drug-likeness (QED) is 0.805. The molecule has 0 amide bonds. The maximum absolute atomic E-state index is 3.76. The number of hydrogen-bond donors (Lipinski definition) is 1. The van der Waals surface area contributed by atoms with Crippen LogP contribution < -0.4 is 5.32 Å². The fourth-order valence-corrected chi connectivity index (χ4v) is 3.94. The minimum absolute atomic E-state index is 0.455. The summed E-state index contributed by atoms with van der Waals surface area (Å²) in [6.07, 6.45) is 8.32. The number of nitrogens with zero attached hydrogens (tertiary/aromatic N) is 2. The van der Waals surface area contributed by atoms with E-state index >= 15 is 0 Å². The molecule has 0 aromatic carbocycles. The molecule has 1 N–H and O–H groups in total. The second kappa shape index (κ2) is 6.33. The second-order valence-electron chi connectivity index (χ2n) is 7.74. The second-order valence-corrected chi connectivity index (χ2v) is 7.74. The molecule has 116 valence electrons. The summed E-state index contributed by atoms with van der Waals surface area (Å²) < 4.78 is 0. The molecular formula is C17H33N3. The molecule has 20 heavy (non-hydrogen) atoms. The summed E-state index contributed by atoms with van der Waals surface area (Å²) in [6.45, 7) is 12.7. The molecule has 2 unspecified atom stereocenters. The Morgan fingerprint density at radius 2 is 1.90 bits per heavy atom. The van der Waals surface area contributed by atoms with E-state index in [1.807, 2.05) is 0 Å². The molecule has 2 aliphatic heterocycles. The van der Waals surface area contributed by atoms with E-state index in [-0.39, 0.29) is 0 Å². The van der Waals surface area contributed by atoms with Crippen molar-refractivity contribution in [1.82, 2.24) is 15.1 Å². The van der Waals surface area contributed by atoms with Gasteiger partial charge in [-0.05, 0) is 63.6 Å². The topological polar surface area (TPSA) is 18.5 Å². The lowest BCUT2D eigenvalue weighted by atomic mass is 9.86. The lowest BCUT2D eigenvalue weighted by Crippen LogP contribution is -2.45. The summed E-state index contributed by atoms with van der Waals surface area (Å²) in [4.78, 5) is 5.51. The van der Waals surface area contributed by atoms with Gasteiger partial charge in [0.25, 0.3) is 0 Å². The van der Waals surface area contributed by atoms with Gasteiger partial charge in [0.1, 0.15) is 0 Å². The largest absolute Gasteiger partial charge is 0.313 e. The number of rotatable bonds is 6. The van der Waals surface area contributed by atoms with Gasteiger partial charge >= 0.3 is 0 Å². The van der Waals surface area contributed by atoms with Gasteiger partial charge in [0.2, 0.25) is 0 Å². The van der Waals surface area contributed by atoms with Gasteiger partial charge in [-0.1, -0.05) is 13.8 Å². The average molecular weight is 279 g/mol. The van der Waals surface area contributed by atoms with Crippen molar-refractivity contribution in [2.75, 3.05) is 39.3 Å². The number of hydrogen-bond acceptors (Lipinski definition) is 3. The van der Waals surface area contributed by atoms with Crippen LogP contribution in [0.15, 0.2) is 0 Å². The standard InChI is InChI=1S/C17H33N3/c1-3-17(2,13-18-15-7-8-15)14-19-9-5-11-20-10-4-6-16(20)12-19/h15-16,18H,3-14H2,1-2H3. The van der Waals surface area contributed by atoms with Gasteiger partial charge in [0.05, 0.1) is 0 Å². The van der Waals surface area contributed by atoms with Gasteiger partial charge in [-0.25, -0.2) is 0 Å². The highest BCUT2D eigenvalue weighted by molar-refractivity contribution is 4.90. The number of nitrogens with one attached hydrogen (secondary N) is 1. The molecule has 3 heteroatoms. The molecule has 2 atom stereocenters. The van der Waals surface area contributed by atoms with E-state index in [9.17, 15) is 0 Å². The van der Waals surface area contributed by atoms with Crippen LogP contribution in [0.25, 0.3) is 0 Å². The van der Waals surface area contributed by atoms with Gasteiger partial charge in [0.15, 0.2) is 0 Å². The van der Waals surface area contributed by atoms with Crippen molar-refractivity contribution in [3.8, 4) is 0 Å². The van der Waals surface area contributed by atoms with Crippen LogP contribution in [0, 0.1) is 5.41 Å². The van der Waals surface area contributed by atoms with Crippen molar-refractivity contribution in [2.45, 2.75) is 64.5 Å². The van der Waals surface area contributed by atoms with Crippen LogP contribution in [0.2, 0.25) is 0 Å². The molecule has 0 bridgehead atoms. The predicted molar refractivity (Wildman–Crippen MR) is 85.1 cm³/mol. The summed E-state index contributed by atoms with van der Waals surface area (Å²) in [5.41, 5.74) is 0.455. The number of fused-ring (bicyclic) bond motifs is 1. The minimum atomic E-state index is 0.455. The van der Waals surface area contributed by atoms with Crippen LogP contribution in [0.5, 0.6) is 0 Å². The highest BCUT2D eigenvalue weighted by Crippen LogP contribution is 2.28. The zero-order valence-electron chi connectivity index (χ0n) is 13.5. The molecule has 3 aliphatic rings. The van der Waals surface area contributed by atoms with Gasteiger partial charge in [0, 0.05) is 31.7 Å². The molecule has 0 aromatic rings. The molecule has 2 saturated heterocycles. The van der Waals surface area contributed by atoms with Gasteiger partial charge in [-0.3, -0.25) is 4.90 Å². The third-order valence-electron chi connectivity index (χ3n) is 5.74. The van der Waals surface area contributed by atoms with E-state index in [0.717, 1.165) is 12.1 Å². The van der Waals surface area contributed by atoms with Crippen LogP contribution in [0.4, 0.5) is 0 Å². The Hall–Kier alpha value is -0.120. The summed E-state index contributed by atoms with van der Waals surface area (Å²) in [6, 6.07) is 1.70. The average Bonchev–Trinajstić information content (AvgIpc) is 3.21. The van der Waals surface area contributed by atoms with Crippen LogP contribution in [-0.4, -0.2) is 61.2 Å². The molecule has 0 spiro atoms. The van der Waals surface area contributed by atoms with Crippen LogP contribution >= 0.6 is 0 Å². The molecular weight excluding hydrogens is 246 g/mol. The first-order chi connectivity index (χ1) is 9.68. The Bertz CT molecular complexity index is 315. The maximum Gasteiger partial charge on any atom is 0.0223 e. The Morgan fingerprint density at radius 1 is 1.10 bits per heavy atom.